The molecule has 0 aliphatic rings. The summed E-state index contributed by atoms with van der Waals surface area (Å²) >= 11 is 0. The zero-order valence-corrected chi connectivity index (χ0v) is 30.2. The predicted octanol–water partition coefficient (Wildman–Crippen LogP) is 7.80. The fraction of sp³-hybridized carbons (Fsp3) is 0.111. The van der Waals surface area contributed by atoms with Gasteiger partial charge in [-0.1, -0.05) is 18.2 Å². The maximum atomic E-state index is 15.4. The molecule has 0 aliphatic carbocycles. The minimum Gasteiger partial charge on any atom is -0.295 e. The van der Waals surface area contributed by atoms with E-state index in [9.17, 15) is 62.3 Å². The van der Waals surface area contributed by atoms with Gasteiger partial charge in [-0.25, -0.2) is 87.8 Å². The van der Waals surface area contributed by atoms with Crippen LogP contribution in [0.1, 0.15) is 27.6 Å². The van der Waals surface area contributed by atoms with Gasteiger partial charge in [0.25, 0.3) is 0 Å². The molecule has 24 heteroatoms. The molecule has 320 valence electrons. The highest BCUT2D eigenvalue weighted by Gasteiger charge is 2.52. The molecule has 5 aromatic rings. The third-order valence-corrected chi connectivity index (χ3v) is 9.56. The Kier molecular flexibility index (Phi) is 13.5. The monoisotopic (exact) mass is 902 g/mol. The van der Waals surface area contributed by atoms with Crippen LogP contribution in [0.2, 0.25) is 0 Å². The molecule has 0 aliphatic heterocycles. The highest BCUT2D eigenvalue weighted by atomic mass is 32.2. The van der Waals surface area contributed by atoms with Crippen LogP contribution >= 0.6 is 0 Å². The lowest BCUT2D eigenvalue weighted by atomic mass is 9.12. The summed E-state index contributed by atoms with van der Waals surface area (Å²) in [4.78, 5) is 22.9. The average Bonchev–Trinajstić information content (AvgIpc) is 3.20. The standard InChI is InChI=1S/C24BF20.C12H15O2S/c26-5-1(6(27)14(35)21(42)13(5)34)25(2-7(28)15(36)22(43)16(37)8(2)29,3-9(30)17(38)23(44)18(39)10(3)31)4-11(32)19(40)24(45)20(41)12(4)33;1-9(13)10-5-4-6-11(7-10)12(14)8-15(2)3/h;4-7H,8H2,1-3H3/q-1;+1. The Bertz CT molecular complexity index is 2230. The van der Waals surface area contributed by atoms with Crippen molar-refractivity contribution in [1.82, 2.24) is 0 Å². The van der Waals surface area contributed by atoms with Crippen molar-refractivity contribution in [2.45, 2.75) is 6.92 Å². The van der Waals surface area contributed by atoms with Gasteiger partial charge in [0.2, 0.25) is 5.78 Å². The summed E-state index contributed by atoms with van der Waals surface area (Å²) in [7, 11) is 0.102. The molecule has 0 fully saturated rings. The lowest BCUT2D eigenvalue weighted by Gasteiger charge is -2.44. The third-order valence-electron chi connectivity index (χ3n) is 8.72. The van der Waals surface area contributed by atoms with Gasteiger partial charge in [0.15, 0.2) is 81.3 Å². The molecule has 0 aromatic heterocycles. The summed E-state index contributed by atoms with van der Waals surface area (Å²) in [5.74, 6) is -70.7. The van der Waals surface area contributed by atoms with Crippen LogP contribution in [-0.2, 0) is 10.9 Å². The van der Waals surface area contributed by atoms with E-state index in [1.54, 1.807) is 24.3 Å². The van der Waals surface area contributed by atoms with Crippen molar-refractivity contribution < 1.29 is 97.4 Å². The number of carbonyl (C=O) groups is 2. The highest BCUT2D eigenvalue weighted by molar-refractivity contribution is 7.96. The van der Waals surface area contributed by atoms with Gasteiger partial charge < -0.3 is 0 Å². The largest absolute Gasteiger partial charge is 0.295 e. The van der Waals surface area contributed by atoms with E-state index in [0.717, 1.165) is 0 Å². The van der Waals surface area contributed by atoms with Gasteiger partial charge in [0.1, 0.15) is 52.7 Å². The number of rotatable bonds is 8. The lowest BCUT2D eigenvalue weighted by molar-refractivity contribution is 0.101. The Balaban J connectivity index is 0.000000445. The van der Waals surface area contributed by atoms with Gasteiger partial charge in [-0.3, -0.25) is 9.59 Å². The molecular formula is C36H15BF20O2S. The smallest absolute Gasteiger partial charge is 0.211 e. The molecule has 5 rings (SSSR count). The van der Waals surface area contributed by atoms with Gasteiger partial charge >= 0.3 is 0 Å². The number of carbonyl (C=O) groups excluding carboxylic acids is 2. The van der Waals surface area contributed by atoms with E-state index < -0.39 is 144 Å². The molecule has 0 radical (unpaired) electrons. The summed E-state index contributed by atoms with van der Waals surface area (Å²) in [6.07, 6.45) is -3.15. The first kappa shape index (κ1) is 47.1. The minimum absolute atomic E-state index is 0.00311. The van der Waals surface area contributed by atoms with E-state index in [4.69, 9.17) is 0 Å². The van der Waals surface area contributed by atoms with E-state index in [1.165, 1.54) is 6.92 Å². The van der Waals surface area contributed by atoms with Gasteiger partial charge in [0.05, 0.1) is 12.5 Å². The average molecular weight is 902 g/mol. The maximum absolute atomic E-state index is 15.4. The quantitative estimate of drug-likeness (QED) is 0.0399. The van der Waals surface area contributed by atoms with Crippen molar-refractivity contribution in [3.05, 3.63) is 152 Å². The molecule has 0 saturated heterocycles. The van der Waals surface area contributed by atoms with E-state index in [0.29, 0.717) is 16.9 Å². The Morgan fingerprint density at radius 3 is 0.833 bits per heavy atom. The van der Waals surface area contributed by atoms with Crippen LogP contribution in [0.3, 0.4) is 0 Å². The van der Waals surface area contributed by atoms with E-state index in [-0.39, 0.29) is 22.5 Å². The van der Waals surface area contributed by atoms with Crippen LogP contribution in [0.5, 0.6) is 0 Å². The second-order valence-electron chi connectivity index (χ2n) is 12.5. The third kappa shape index (κ3) is 7.46. The van der Waals surface area contributed by atoms with Crippen LogP contribution in [0.25, 0.3) is 0 Å². The highest BCUT2D eigenvalue weighted by Crippen LogP contribution is 2.30. The molecule has 0 bridgehead atoms. The molecule has 0 N–H and O–H groups in total. The van der Waals surface area contributed by atoms with Crippen LogP contribution < -0.4 is 21.9 Å². The SMILES string of the molecule is CC(=O)c1cccc(C(=O)C[S+](C)C)c1.Fc1c(F)c(F)c([B-](c2c(F)c(F)c(F)c(F)c2F)(c2c(F)c(F)c(F)c(F)c2F)c2c(F)c(F)c(F)c(F)c2F)c(F)c1F. The Morgan fingerprint density at radius 2 is 0.617 bits per heavy atom. The van der Waals surface area contributed by atoms with Crippen molar-refractivity contribution in [1.29, 1.82) is 0 Å². The molecule has 0 saturated carbocycles. The summed E-state index contributed by atoms with van der Waals surface area (Å²) < 4.78 is 294. The van der Waals surface area contributed by atoms with Gasteiger partial charge in [-0.2, -0.15) is 0 Å². The lowest BCUT2D eigenvalue weighted by Crippen LogP contribution is -2.81. The van der Waals surface area contributed by atoms with Gasteiger partial charge in [-0.05, 0) is 23.9 Å². The normalized spacial score (nSPS) is 11.6. The number of ketones is 2. The predicted molar refractivity (Wildman–Crippen MR) is 174 cm³/mol. The van der Waals surface area contributed by atoms with Gasteiger partial charge in [0, 0.05) is 11.1 Å². The fourth-order valence-electron chi connectivity index (χ4n) is 6.13. The molecule has 5 aromatic carbocycles. The van der Waals surface area contributed by atoms with Crippen LogP contribution in [0, 0.1) is 116 Å². The first-order chi connectivity index (χ1) is 27.7. The maximum Gasteiger partial charge on any atom is 0.211 e. The number of Topliss-reactive ketones (excluding diaryl/α,β-unsaturated/α-hetero) is 2. The van der Waals surface area contributed by atoms with Crippen molar-refractivity contribution in [2.24, 2.45) is 0 Å². The summed E-state index contributed by atoms with van der Waals surface area (Å²) in [5, 5.41) is 0. The molecule has 0 heterocycles. The molecule has 0 spiro atoms. The second kappa shape index (κ2) is 17.2. The van der Waals surface area contributed by atoms with Crippen LogP contribution in [-0.4, -0.2) is 36.0 Å². The van der Waals surface area contributed by atoms with Crippen molar-refractivity contribution in [3.63, 3.8) is 0 Å². The molecule has 0 amide bonds. The van der Waals surface area contributed by atoms with Crippen LogP contribution in [0.15, 0.2) is 24.3 Å². The van der Waals surface area contributed by atoms with E-state index in [1.807, 2.05) is 12.5 Å². The Morgan fingerprint density at radius 1 is 0.400 bits per heavy atom. The zero-order valence-electron chi connectivity index (χ0n) is 29.4. The summed E-state index contributed by atoms with van der Waals surface area (Å²) in [6, 6.07) is 6.93. The Hall–Kier alpha value is -5.55. The molecule has 60 heavy (non-hydrogen) atoms. The first-order valence-corrected chi connectivity index (χ1v) is 17.8. The molecule has 0 atom stereocenters. The molecular weight excluding hydrogens is 887 g/mol. The summed E-state index contributed by atoms with van der Waals surface area (Å²) in [5.41, 5.74) is -13.1. The van der Waals surface area contributed by atoms with Crippen molar-refractivity contribution >= 4 is 50.5 Å². The Labute approximate surface area is 324 Å². The molecule has 2 nitrogen and oxygen atoms in total. The van der Waals surface area contributed by atoms with E-state index in [2.05, 4.69) is 0 Å². The van der Waals surface area contributed by atoms with E-state index >= 15 is 35.1 Å². The summed E-state index contributed by atoms with van der Waals surface area (Å²) in [6.45, 7) is 1.51. The number of hydrogen-bond donors (Lipinski definition) is 0. The van der Waals surface area contributed by atoms with Crippen molar-refractivity contribution in [3.8, 4) is 0 Å². The van der Waals surface area contributed by atoms with Crippen LogP contribution in [0.4, 0.5) is 87.8 Å². The number of hydrogen-bond acceptors (Lipinski definition) is 2. The number of benzene rings is 5. The first-order valence-electron chi connectivity index (χ1n) is 15.6. The zero-order chi connectivity index (χ0) is 45.8. The molecule has 0 unspecified atom stereocenters. The second-order valence-corrected chi connectivity index (χ2v) is 14.8. The topological polar surface area (TPSA) is 34.1 Å². The minimum atomic E-state index is -7.22. The fourth-order valence-corrected chi connectivity index (χ4v) is 6.82. The van der Waals surface area contributed by atoms with Crippen molar-refractivity contribution in [2.75, 3.05) is 18.3 Å². The van der Waals surface area contributed by atoms with Gasteiger partial charge in [-0.15, -0.1) is 21.9 Å². The number of halogens is 20.